The van der Waals surface area contributed by atoms with E-state index in [2.05, 4.69) is 16.4 Å². The summed E-state index contributed by atoms with van der Waals surface area (Å²) in [6.07, 6.45) is 1.83. The normalized spacial score (nSPS) is 15.7. The first-order chi connectivity index (χ1) is 15.1. The number of carbonyl (C=O) groups is 1. The van der Waals surface area contributed by atoms with Crippen molar-refractivity contribution in [3.8, 4) is 11.8 Å². The van der Waals surface area contributed by atoms with E-state index < -0.39 is 0 Å². The highest BCUT2D eigenvalue weighted by atomic mass is 32.2. The molecule has 0 radical (unpaired) electrons. The van der Waals surface area contributed by atoms with E-state index in [0.29, 0.717) is 28.0 Å². The van der Waals surface area contributed by atoms with E-state index in [9.17, 15) is 4.79 Å². The van der Waals surface area contributed by atoms with E-state index in [1.807, 2.05) is 79.7 Å². The van der Waals surface area contributed by atoms with E-state index in [1.54, 1.807) is 6.07 Å². The summed E-state index contributed by atoms with van der Waals surface area (Å²) in [7, 11) is 0. The van der Waals surface area contributed by atoms with E-state index in [1.165, 1.54) is 11.8 Å². The van der Waals surface area contributed by atoms with Crippen molar-refractivity contribution in [3.63, 3.8) is 0 Å². The van der Waals surface area contributed by atoms with Crippen LogP contribution >= 0.6 is 11.8 Å². The Morgan fingerprint density at radius 2 is 1.90 bits per heavy atom. The zero-order valence-corrected chi connectivity index (χ0v) is 17.6. The van der Waals surface area contributed by atoms with Crippen LogP contribution in [0.25, 0.3) is 6.08 Å². The fraction of sp³-hybridized carbons (Fsp3) is 0.0800. The number of benzene rings is 3. The molecule has 0 aliphatic carbocycles. The van der Waals surface area contributed by atoms with Crippen molar-refractivity contribution in [2.24, 2.45) is 4.99 Å². The monoisotopic (exact) mass is 425 g/mol. The molecule has 152 valence electrons. The molecule has 1 saturated heterocycles. The van der Waals surface area contributed by atoms with Crippen molar-refractivity contribution in [2.45, 2.75) is 13.5 Å². The molecule has 1 heterocycles. The largest absolute Gasteiger partial charge is 0.489 e. The van der Waals surface area contributed by atoms with Crippen LogP contribution in [0.5, 0.6) is 5.75 Å². The second-order valence-corrected chi connectivity index (χ2v) is 7.98. The van der Waals surface area contributed by atoms with Gasteiger partial charge in [0.25, 0.3) is 5.91 Å². The Morgan fingerprint density at radius 1 is 1.10 bits per heavy atom. The number of aryl methyl sites for hydroxylation is 1. The predicted molar refractivity (Wildman–Crippen MR) is 124 cm³/mol. The van der Waals surface area contributed by atoms with Crippen molar-refractivity contribution < 1.29 is 9.53 Å². The molecule has 3 aromatic carbocycles. The van der Waals surface area contributed by atoms with Crippen molar-refractivity contribution in [1.82, 2.24) is 5.32 Å². The van der Waals surface area contributed by atoms with Crippen molar-refractivity contribution in [3.05, 3.63) is 100.0 Å². The average Bonchev–Trinajstić information content (AvgIpc) is 3.12. The van der Waals surface area contributed by atoms with Crippen LogP contribution < -0.4 is 10.1 Å². The van der Waals surface area contributed by atoms with Crippen molar-refractivity contribution in [1.29, 1.82) is 5.26 Å². The lowest BCUT2D eigenvalue weighted by molar-refractivity contribution is -0.115. The standard InChI is InChI=1S/C25H19N3O2S/c1-17-5-4-8-21(13-17)27-25-28-24(29)23(31-25)14-18-9-11-22(12-10-18)30-16-20-7-3-2-6-19(20)15-26/h2-14H,16H2,1H3,(H,27,28,29)/b23-14-. The number of aliphatic imine (C=N–C) groups is 1. The Balaban J connectivity index is 1.42. The molecule has 1 aliphatic rings. The summed E-state index contributed by atoms with van der Waals surface area (Å²) in [6, 6.07) is 24.8. The molecular formula is C25H19N3O2S. The quantitative estimate of drug-likeness (QED) is 0.560. The third-order valence-electron chi connectivity index (χ3n) is 4.59. The van der Waals surface area contributed by atoms with Crippen molar-refractivity contribution in [2.75, 3.05) is 0 Å². The third-order valence-corrected chi connectivity index (χ3v) is 5.50. The molecule has 0 atom stereocenters. The Morgan fingerprint density at radius 3 is 2.68 bits per heavy atom. The lowest BCUT2D eigenvalue weighted by atomic mass is 10.1. The van der Waals surface area contributed by atoms with Gasteiger partial charge in [0.15, 0.2) is 5.17 Å². The number of amidine groups is 1. The molecule has 1 aliphatic heterocycles. The summed E-state index contributed by atoms with van der Waals surface area (Å²) < 4.78 is 5.80. The molecule has 1 fully saturated rings. The van der Waals surface area contributed by atoms with Crippen molar-refractivity contribution >= 4 is 34.6 Å². The Kier molecular flexibility index (Phi) is 6.16. The highest BCUT2D eigenvalue weighted by molar-refractivity contribution is 8.18. The minimum Gasteiger partial charge on any atom is -0.489 e. The maximum atomic E-state index is 12.3. The lowest BCUT2D eigenvalue weighted by Gasteiger charge is -2.07. The predicted octanol–water partition coefficient (Wildman–Crippen LogP) is 5.34. The molecule has 0 aromatic heterocycles. The molecule has 1 N–H and O–H groups in total. The second kappa shape index (κ2) is 9.33. The molecule has 4 rings (SSSR count). The van der Waals surface area contributed by atoms with Gasteiger partial charge in [-0.05, 0) is 66.2 Å². The fourth-order valence-corrected chi connectivity index (χ4v) is 3.87. The molecule has 5 nitrogen and oxygen atoms in total. The molecular weight excluding hydrogens is 406 g/mol. The first kappa shape index (κ1) is 20.5. The molecule has 0 bridgehead atoms. The topological polar surface area (TPSA) is 74.5 Å². The van der Waals surface area contributed by atoms with Gasteiger partial charge in [0.05, 0.1) is 22.2 Å². The Hall–Kier alpha value is -3.82. The smallest absolute Gasteiger partial charge is 0.264 e. The van der Waals surface area contributed by atoms with Crippen LogP contribution in [0, 0.1) is 18.3 Å². The lowest BCUT2D eigenvalue weighted by Crippen LogP contribution is -2.19. The number of nitrogens with one attached hydrogen (secondary N) is 1. The Bertz CT molecular complexity index is 1220. The molecule has 31 heavy (non-hydrogen) atoms. The number of hydrogen-bond donors (Lipinski definition) is 1. The summed E-state index contributed by atoms with van der Waals surface area (Å²) in [4.78, 5) is 17.4. The number of thioether (sulfide) groups is 1. The van der Waals surface area contributed by atoms with E-state index >= 15 is 0 Å². The molecule has 3 aromatic rings. The van der Waals surface area contributed by atoms with Crippen LogP contribution in [0.4, 0.5) is 5.69 Å². The summed E-state index contributed by atoms with van der Waals surface area (Å²) in [5.74, 6) is 0.532. The minimum atomic E-state index is -0.162. The fourth-order valence-electron chi connectivity index (χ4n) is 3.02. The molecule has 0 spiro atoms. The number of ether oxygens (including phenoxy) is 1. The summed E-state index contributed by atoms with van der Waals surface area (Å²) in [5.41, 5.74) is 4.26. The van der Waals surface area contributed by atoms with Gasteiger partial charge in [-0.3, -0.25) is 4.79 Å². The van der Waals surface area contributed by atoms with Gasteiger partial charge in [-0.15, -0.1) is 0 Å². The second-order valence-electron chi connectivity index (χ2n) is 6.95. The molecule has 0 saturated carbocycles. The van der Waals surface area contributed by atoms with Crippen LogP contribution in [-0.4, -0.2) is 11.1 Å². The summed E-state index contributed by atoms with van der Waals surface area (Å²) in [6.45, 7) is 2.33. The first-order valence-electron chi connectivity index (χ1n) is 9.68. The number of carbonyl (C=O) groups excluding carboxylic acids is 1. The zero-order chi connectivity index (χ0) is 21.6. The van der Waals surface area contributed by atoms with Gasteiger partial charge in [-0.1, -0.05) is 42.5 Å². The number of amides is 1. The van der Waals surface area contributed by atoms with Gasteiger partial charge in [0.2, 0.25) is 0 Å². The van der Waals surface area contributed by atoms with E-state index in [4.69, 9.17) is 10.00 Å². The zero-order valence-electron chi connectivity index (χ0n) is 16.8. The maximum absolute atomic E-state index is 12.3. The summed E-state index contributed by atoms with van der Waals surface area (Å²) in [5, 5.41) is 12.5. The third kappa shape index (κ3) is 5.21. The highest BCUT2D eigenvalue weighted by Gasteiger charge is 2.23. The minimum absolute atomic E-state index is 0.162. The van der Waals surface area contributed by atoms with E-state index in [-0.39, 0.29) is 5.91 Å². The maximum Gasteiger partial charge on any atom is 0.264 e. The van der Waals surface area contributed by atoms with Gasteiger partial charge in [0, 0.05) is 5.56 Å². The van der Waals surface area contributed by atoms with Crippen LogP contribution in [0.15, 0.2) is 82.7 Å². The highest BCUT2D eigenvalue weighted by Crippen LogP contribution is 2.28. The number of nitriles is 1. The van der Waals surface area contributed by atoms with E-state index in [0.717, 1.165) is 22.4 Å². The molecule has 0 unspecified atom stereocenters. The van der Waals surface area contributed by atoms with Gasteiger partial charge >= 0.3 is 0 Å². The molecule has 6 heteroatoms. The Labute approximate surface area is 185 Å². The van der Waals surface area contributed by atoms with Crippen LogP contribution in [0.2, 0.25) is 0 Å². The van der Waals surface area contributed by atoms with Gasteiger partial charge in [-0.2, -0.15) is 5.26 Å². The van der Waals surface area contributed by atoms with Crippen LogP contribution in [0.1, 0.15) is 22.3 Å². The first-order valence-corrected chi connectivity index (χ1v) is 10.5. The number of rotatable bonds is 5. The molecule has 1 amide bonds. The van der Waals surface area contributed by atoms with Gasteiger partial charge in [0.1, 0.15) is 12.4 Å². The van der Waals surface area contributed by atoms with Gasteiger partial charge in [-0.25, -0.2) is 4.99 Å². The van der Waals surface area contributed by atoms with Gasteiger partial charge < -0.3 is 10.1 Å². The SMILES string of the molecule is Cc1cccc(N=C2NC(=O)/C(=C/c3ccc(OCc4ccccc4C#N)cc3)S2)c1. The summed E-state index contributed by atoms with van der Waals surface area (Å²) >= 11 is 1.32. The average molecular weight is 426 g/mol. The van der Waals surface area contributed by atoms with Crippen LogP contribution in [-0.2, 0) is 11.4 Å². The number of nitrogens with zero attached hydrogens (tertiary/aromatic N) is 2. The number of hydrogen-bond acceptors (Lipinski definition) is 5. The van der Waals surface area contributed by atoms with Crippen LogP contribution in [0.3, 0.4) is 0 Å².